The van der Waals surface area contributed by atoms with E-state index in [1.54, 1.807) is 0 Å². The number of hydrogen-bond donors (Lipinski definition) is 7. The van der Waals surface area contributed by atoms with E-state index in [4.69, 9.17) is 17.2 Å². The van der Waals surface area contributed by atoms with Crippen molar-refractivity contribution in [3.63, 3.8) is 0 Å². The van der Waals surface area contributed by atoms with Crippen molar-refractivity contribution in [1.82, 2.24) is 21.3 Å². The van der Waals surface area contributed by atoms with Gasteiger partial charge in [0.2, 0.25) is 23.6 Å². The van der Waals surface area contributed by atoms with E-state index in [1.165, 1.54) is 0 Å². The van der Waals surface area contributed by atoms with E-state index in [-0.39, 0.29) is 48.6 Å². The third kappa shape index (κ3) is 9.32. The molecule has 2 rings (SSSR count). The lowest BCUT2D eigenvalue weighted by molar-refractivity contribution is -0.134. The van der Waals surface area contributed by atoms with Crippen molar-refractivity contribution >= 4 is 29.9 Å². The molecule has 2 aliphatic rings. The molecule has 0 aliphatic heterocycles. The molecule has 10 N–H and O–H groups in total. The van der Waals surface area contributed by atoms with Crippen molar-refractivity contribution in [3.8, 4) is 0 Å². The first-order valence-corrected chi connectivity index (χ1v) is 13.7. The Morgan fingerprint density at radius 1 is 0.842 bits per heavy atom. The fourth-order valence-electron chi connectivity index (χ4n) is 4.45. The largest absolute Gasteiger partial charge is 0.354 e. The molecule has 2 fully saturated rings. The molecule has 0 aromatic rings. The van der Waals surface area contributed by atoms with Gasteiger partial charge in [-0.2, -0.15) is 0 Å². The minimum atomic E-state index is -1.00. The number of rotatable bonds is 18. The highest BCUT2D eigenvalue weighted by molar-refractivity contribution is 5.95. The Morgan fingerprint density at radius 2 is 1.37 bits per heavy atom. The third-order valence-electron chi connectivity index (χ3n) is 7.59. The summed E-state index contributed by atoms with van der Waals surface area (Å²) >= 11 is 0. The van der Waals surface area contributed by atoms with Crippen LogP contribution in [0.2, 0.25) is 0 Å². The molecular formula is C26H47N7O5. The Balaban J connectivity index is 2.02. The molecule has 4 atom stereocenters. The summed E-state index contributed by atoms with van der Waals surface area (Å²) in [5, 5.41) is 11.0. The summed E-state index contributed by atoms with van der Waals surface area (Å²) in [6.45, 7) is 6.41. The molecule has 4 amide bonds. The van der Waals surface area contributed by atoms with Gasteiger partial charge in [0.1, 0.15) is 24.4 Å². The molecule has 12 nitrogen and oxygen atoms in total. The van der Waals surface area contributed by atoms with Gasteiger partial charge in [0.15, 0.2) is 0 Å². The summed E-state index contributed by atoms with van der Waals surface area (Å²) in [4.78, 5) is 63.0. The second kappa shape index (κ2) is 14.0. The Kier molecular flexibility index (Phi) is 11.7. The summed E-state index contributed by atoms with van der Waals surface area (Å²) in [7, 11) is 0. The summed E-state index contributed by atoms with van der Waals surface area (Å²) in [5.74, 6) is -1.68. The maximum Gasteiger partial charge on any atom is 0.243 e. The number of nitrogens with two attached hydrogens (primary N) is 3. The van der Waals surface area contributed by atoms with Crippen LogP contribution in [0.25, 0.3) is 0 Å². The molecule has 0 aromatic heterocycles. The van der Waals surface area contributed by atoms with Gasteiger partial charge in [-0.15, -0.1) is 0 Å². The smallest absolute Gasteiger partial charge is 0.243 e. The van der Waals surface area contributed by atoms with Crippen LogP contribution >= 0.6 is 0 Å². The van der Waals surface area contributed by atoms with Crippen LogP contribution in [0.3, 0.4) is 0 Å². The number of carbonyl (C=O) groups excluding carboxylic acids is 5. The fourth-order valence-corrected chi connectivity index (χ4v) is 4.45. The van der Waals surface area contributed by atoms with E-state index < -0.39 is 41.9 Å². The van der Waals surface area contributed by atoms with Crippen molar-refractivity contribution in [1.29, 1.82) is 0 Å². The van der Waals surface area contributed by atoms with Gasteiger partial charge < -0.3 is 43.3 Å². The molecule has 2 aliphatic carbocycles. The molecule has 0 unspecified atom stereocenters. The van der Waals surface area contributed by atoms with Crippen molar-refractivity contribution in [3.05, 3.63) is 0 Å². The minimum Gasteiger partial charge on any atom is -0.354 e. The summed E-state index contributed by atoms with van der Waals surface area (Å²) < 4.78 is 0. The lowest BCUT2D eigenvalue weighted by Crippen LogP contribution is -2.59. The minimum absolute atomic E-state index is 0.119. The third-order valence-corrected chi connectivity index (χ3v) is 7.59. The van der Waals surface area contributed by atoms with Crippen molar-refractivity contribution < 1.29 is 24.0 Å². The molecule has 12 heteroatoms. The number of amides is 4. The van der Waals surface area contributed by atoms with Gasteiger partial charge in [-0.3, -0.25) is 19.2 Å². The lowest BCUT2D eigenvalue weighted by atomic mass is 9.96. The first-order valence-electron chi connectivity index (χ1n) is 13.7. The summed E-state index contributed by atoms with van der Waals surface area (Å²) in [6, 6.07) is -3.53. The Hall–Kier alpha value is -2.57. The van der Waals surface area contributed by atoms with Gasteiger partial charge in [-0.1, -0.05) is 20.8 Å². The zero-order valence-corrected chi connectivity index (χ0v) is 23.0. The quantitative estimate of drug-likeness (QED) is 0.105. The number of aldehydes is 1. The van der Waals surface area contributed by atoms with Crippen LogP contribution in [-0.2, 0) is 24.0 Å². The fraction of sp³-hybridized carbons (Fsp3) is 0.808. The second-order valence-corrected chi connectivity index (χ2v) is 11.6. The SMILES string of the molecule is CC(C)C[C@H](N)C(=O)N[C@@H](CCN)C(=O)N[C@@H](CCN)C(=O)N[C@H](C(=O)NCCC1(C=O)CC1)C1(C)CC1. The zero-order valence-electron chi connectivity index (χ0n) is 23.0. The van der Waals surface area contributed by atoms with Gasteiger partial charge in [0.25, 0.3) is 0 Å². The molecule has 0 aromatic carbocycles. The standard InChI is InChI=1S/C26H47N7O5/c1-16(2)14-17(29)21(35)31-18(4-11-27)22(36)32-19(5-12-28)23(37)33-20(25(3)6-7-25)24(38)30-13-10-26(15-34)8-9-26/h15-20H,4-14,27-29H2,1-3H3,(H,30,38)(H,31,35)(H,32,36)(H,33,37)/t17-,18-,19-,20+/m0/s1. The average Bonchev–Trinajstić information content (AvgIpc) is 3.79. The van der Waals surface area contributed by atoms with E-state index >= 15 is 0 Å². The van der Waals surface area contributed by atoms with Crippen LogP contribution in [0.1, 0.15) is 72.1 Å². The predicted octanol–water partition coefficient (Wildman–Crippen LogP) is -1.20. The van der Waals surface area contributed by atoms with Crippen LogP contribution in [0.4, 0.5) is 0 Å². The van der Waals surface area contributed by atoms with Crippen molar-refractivity contribution in [2.24, 2.45) is 33.9 Å². The van der Waals surface area contributed by atoms with E-state index in [0.717, 1.165) is 32.0 Å². The van der Waals surface area contributed by atoms with Crippen molar-refractivity contribution in [2.45, 2.75) is 96.3 Å². The molecule has 0 saturated heterocycles. The van der Waals surface area contributed by atoms with E-state index in [1.807, 2.05) is 20.8 Å². The Labute approximate surface area is 225 Å². The highest BCUT2D eigenvalue weighted by Gasteiger charge is 2.50. The van der Waals surface area contributed by atoms with Crippen LogP contribution in [0, 0.1) is 16.7 Å². The first kappa shape index (κ1) is 31.6. The molecule has 0 bridgehead atoms. The average molecular weight is 538 g/mol. The van der Waals surface area contributed by atoms with E-state index in [0.29, 0.717) is 19.4 Å². The monoisotopic (exact) mass is 537 g/mol. The summed E-state index contributed by atoms with van der Waals surface area (Å²) in [5.41, 5.74) is 16.6. The summed E-state index contributed by atoms with van der Waals surface area (Å²) in [6.07, 6.45) is 5.51. The Morgan fingerprint density at radius 3 is 1.82 bits per heavy atom. The number of hydrogen-bond acceptors (Lipinski definition) is 8. The van der Waals surface area contributed by atoms with Crippen molar-refractivity contribution in [2.75, 3.05) is 19.6 Å². The van der Waals surface area contributed by atoms with Gasteiger partial charge in [0, 0.05) is 12.0 Å². The van der Waals surface area contributed by atoms with Crippen LogP contribution in [0.5, 0.6) is 0 Å². The molecule has 2 saturated carbocycles. The molecule has 38 heavy (non-hydrogen) atoms. The van der Waals surface area contributed by atoms with Crippen LogP contribution < -0.4 is 38.5 Å². The van der Waals surface area contributed by atoms with Crippen LogP contribution in [-0.4, -0.2) is 73.7 Å². The maximum atomic E-state index is 13.2. The zero-order chi connectivity index (χ0) is 28.5. The van der Waals surface area contributed by atoms with Crippen LogP contribution in [0.15, 0.2) is 0 Å². The first-order chi connectivity index (χ1) is 17.9. The molecule has 0 radical (unpaired) electrons. The van der Waals surface area contributed by atoms with Gasteiger partial charge >= 0.3 is 0 Å². The topological polar surface area (TPSA) is 212 Å². The maximum absolute atomic E-state index is 13.2. The van der Waals surface area contributed by atoms with Gasteiger partial charge in [0.05, 0.1) is 6.04 Å². The molecule has 216 valence electrons. The van der Waals surface area contributed by atoms with E-state index in [2.05, 4.69) is 21.3 Å². The Bertz CT molecular complexity index is 857. The normalized spacial score (nSPS) is 19.9. The molecular weight excluding hydrogens is 490 g/mol. The second-order valence-electron chi connectivity index (χ2n) is 11.6. The molecule has 0 spiro atoms. The van der Waals surface area contributed by atoms with Gasteiger partial charge in [-0.25, -0.2) is 0 Å². The molecule has 0 heterocycles. The highest BCUT2D eigenvalue weighted by atomic mass is 16.2. The number of nitrogens with one attached hydrogen (secondary N) is 4. The van der Waals surface area contributed by atoms with E-state index in [9.17, 15) is 24.0 Å². The number of carbonyl (C=O) groups is 5. The lowest BCUT2D eigenvalue weighted by Gasteiger charge is -2.28. The highest BCUT2D eigenvalue weighted by Crippen LogP contribution is 2.48. The van der Waals surface area contributed by atoms with Gasteiger partial charge in [-0.05, 0) is 75.8 Å². The predicted molar refractivity (Wildman–Crippen MR) is 143 cm³/mol.